The quantitative estimate of drug-likeness (QED) is 0.692. The van der Waals surface area contributed by atoms with Crippen LogP contribution in [-0.4, -0.2) is 60.4 Å². The monoisotopic (exact) mass is 393 g/mol. The third-order valence-electron chi connectivity index (χ3n) is 5.13. The minimum absolute atomic E-state index is 0.0813. The number of likely N-dealkylation sites (tertiary alicyclic amines) is 1. The topological polar surface area (TPSA) is 97.9 Å². The van der Waals surface area contributed by atoms with Crippen LogP contribution >= 0.6 is 0 Å². The number of imidazole rings is 1. The Balaban J connectivity index is 1.50. The van der Waals surface area contributed by atoms with Crippen molar-refractivity contribution in [2.24, 2.45) is 7.05 Å². The number of aryl methyl sites for hydroxylation is 1. The van der Waals surface area contributed by atoms with Crippen molar-refractivity contribution in [2.75, 3.05) is 13.1 Å². The van der Waals surface area contributed by atoms with Crippen molar-refractivity contribution in [3.05, 3.63) is 66.0 Å². The van der Waals surface area contributed by atoms with Crippen molar-refractivity contribution >= 4 is 11.8 Å². The Labute approximate surface area is 168 Å². The first-order valence-corrected chi connectivity index (χ1v) is 9.49. The van der Waals surface area contributed by atoms with Gasteiger partial charge in [-0.2, -0.15) is 0 Å². The van der Waals surface area contributed by atoms with Gasteiger partial charge in [0.1, 0.15) is 5.82 Å². The van der Waals surface area contributed by atoms with Gasteiger partial charge in [-0.1, -0.05) is 35.5 Å². The molecule has 0 aliphatic carbocycles. The maximum atomic E-state index is 13.0. The summed E-state index contributed by atoms with van der Waals surface area (Å²) in [7, 11) is 1.91. The second-order valence-corrected chi connectivity index (χ2v) is 7.31. The van der Waals surface area contributed by atoms with E-state index in [9.17, 15) is 9.59 Å². The molecule has 9 heteroatoms. The zero-order chi connectivity index (χ0) is 20.4. The lowest BCUT2D eigenvalue weighted by atomic mass is 10.0. The van der Waals surface area contributed by atoms with Gasteiger partial charge in [0, 0.05) is 39.5 Å². The Kier molecular flexibility index (Phi) is 5.11. The number of hydrogen-bond acceptors (Lipinski definition) is 5. The van der Waals surface area contributed by atoms with Gasteiger partial charge in [-0.15, -0.1) is 5.10 Å². The highest BCUT2D eigenvalue weighted by molar-refractivity contribution is 5.92. The van der Waals surface area contributed by atoms with Gasteiger partial charge < -0.3 is 14.8 Å². The highest BCUT2D eigenvalue weighted by Crippen LogP contribution is 2.27. The second kappa shape index (κ2) is 7.86. The third-order valence-corrected chi connectivity index (χ3v) is 5.13. The van der Waals surface area contributed by atoms with Gasteiger partial charge in [0.15, 0.2) is 5.69 Å². The number of nitrogens with zero attached hydrogens (tertiary/aromatic N) is 6. The summed E-state index contributed by atoms with van der Waals surface area (Å²) in [6, 6.07) is 9.68. The van der Waals surface area contributed by atoms with Crippen LogP contribution in [0.3, 0.4) is 0 Å². The first-order chi connectivity index (χ1) is 14.0. The molecule has 29 heavy (non-hydrogen) atoms. The molecule has 0 radical (unpaired) electrons. The van der Waals surface area contributed by atoms with Crippen LogP contribution in [0.15, 0.2) is 48.9 Å². The van der Waals surface area contributed by atoms with Crippen molar-refractivity contribution in [2.45, 2.75) is 25.4 Å². The number of amides is 2. The van der Waals surface area contributed by atoms with Crippen molar-refractivity contribution in [1.82, 2.24) is 34.8 Å². The van der Waals surface area contributed by atoms with Gasteiger partial charge in [0.05, 0.1) is 24.7 Å². The Hall–Kier alpha value is -3.49. The van der Waals surface area contributed by atoms with E-state index in [0.717, 1.165) is 11.4 Å². The van der Waals surface area contributed by atoms with Gasteiger partial charge in [0.25, 0.3) is 5.91 Å². The van der Waals surface area contributed by atoms with Crippen LogP contribution in [0.1, 0.15) is 34.7 Å². The predicted molar refractivity (Wildman–Crippen MR) is 105 cm³/mol. The smallest absolute Gasteiger partial charge is 0.276 e. The van der Waals surface area contributed by atoms with Crippen LogP contribution in [0.4, 0.5) is 0 Å². The van der Waals surface area contributed by atoms with E-state index >= 15 is 0 Å². The van der Waals surface area contributed by atoms with Crippen molar-refractivity contribution in [3.8, 4) is 0 Å². The van der Waals surface area contributed by atoms with Crippen LogP contribution in [0.5, 0.6) is 0 Å². The van der Waals surface area contributed by atoms with E-state index in [1.165, 1.54) is 6.92 Å². The summed E-state index contributed by atoms with van der Waals surface area (Å²) in [6.45, 7) is 2.89. The number of carbonyl (C=O) groups is 2. The zero-order valence-electron chi connectivity index (χ0n) is 16.4. The molecule has 1 N–H and O–H groups in total. The lowest BCUT2D eigenvalue weighted by Crippen LogP contribution is -2.39. The molecule has 150 valence electrons. The number of hydrogen-bond donors (Lipinski definition) is 1. The predicted octanol–water partition coefficient (Wildman–Crippen LogP) is 0.804. The van der Waals surface area contributed by atoms with E-state index < -0.39 is 0 Å². The molecular weight excluding hydrogens is 370 g/mol. The number of nitrogens with one attached hydrogen (secondary N) is 1. The molecule has 1 saturated heterocycles. The van der Waals surface area contributed by atoms with E-state index in [4.69, 9.17) is 0 Å². The van der Waals surface area contributed by atoms with E-state index in [0.29, 0.717) is 25.3 Å². The Morgan fingerprint density at radius 2 is 2.00 bits per heavy atom. The molecule has 1 aliphatic heterocycles. The number of carbonyl (C=O) groups excluding carboxylic acids is 2. The molecule has 0 unspecified atom stereocenters. The molecule has 2 amide bonds. The average Bonchev–Trinajstić information content (AvgIpc) is 3.42. The van der Waals surface area contributed by atoms with Crippen LogP contribution in [0.2, 0.25) is 0 Å². The molecule has 1 aliphatic rings. The summed E-state index contributed by atoms with van der Waals surface area (Å²) in [5.74, 6) is 0.433. The standard InChI is InChI=1S/C20H23N7O2/c1-14(28)22-17-12-26(11-16(17)19-21-8-9-25(19)2)20(29)18-13-27(24-23-18)10-15-6-4-3-5-7-15/h3-9,13,16-17H,10-12H2,1-2H3,(H,22,28)/t16-,17-/m1/s1. The summed E-state index contributed by atoms with van der Waals surface area (Å²) in [5, 5.41) is 11.1. The molecule has 1 aromatic carbocycles. The maximum Gasteiger partial charge on any atom is 0.276 e. The summed E-state index contributed by atoms with van der Waals surface area (Å²) >= 11 is 0. The fourth-order valence-electron chi connectivity index (χ4n) is 3.78. The molecule has 2 atom stereocenters. The molecular formula is C20H23N7O2. The average molecular weight is 393 g/mol. The SMILES string of the molecule is CC(=O)N[C@@H]1CN(C(=O)c2cn(Cc3ccccc3)nn2)C[C@H]1c1nccn1C. The van der Waals surface area contributed by atoms with E-state index in [-0.39, 0.29) is 23.8 Å². The summed E-state index contributed by atoms with van der Waals surface area (Å²) < 4.78 is 3.57. The zero-order valence-corrected chi connectivity index (χ0v) is 16.4. The molecule has 3 aromatic rings. The number of aromatic nitrogens is 5. The van der Waals surface area contributed by atoms with Gasteiger partial charge >= 0.3 is 0 Å². The van der Waals surface area contributed by atoms with Crippen molar-refractivity contribution in [1.29, 1.82) is 0 Å². The minimum Gasteiger partial charge on any atom is -0.351 e. The van der Waals surface area contributed by atoms with Gasteiger partial charge in [-0.05, 0) is 5.56 Å². The summed E-state index contributed by atoms with van der Waals surface area (Å²) in [6.07, 6.45) is 5.25. The van der Waals surface area contributed by atoms with Crippen LogP contribution < -0.4 is 5.32 Å². The van der Waals surface area contributed by atoms with Gasteiger partial charge in [-0.3, -0.25) is 9.59 Å². The molecule has 3 heterocycles. The largest absolute Gasteiger partial charge is 0.351 e. The van der Waals surface area contributed by atoms with Crippen LogP contribution in [0.25, 0.3) is 0 Å². The Morgan fingerprint density at radius 1 is 1.21 bits per heavy atom. The fraction of sp³-hybridized carbons (Fsp3) is 0.350. The van der Waals surface area contributed by atoms with E-state index in [1.807, 2.05) is 48.1 Å². The number of rotatable bonds is 5. The third kappa shape index (κ3) is 4.03. The highest BCUT2D eigenvalue weighted by atomic mass is 16.2. The van der Waals surface area contributed by atoms with E-state index in [1.54, 1.807) is 22.0 Å². The first-order valence-electron chi connectivity index (χ1n) is 9.49. The van der Waals surface area contributed by atoms with Crippen molar-refractivity contribution < 1.29 is 9.59 Å². The summed E-state index contributed by atoms with van der Waals surface area (Å²) in [5.41, 5.74) is 1.38. The Morgan fingerprint density at radius 3 is 2.69 bits per heavy atom. The van der Waals surface area contributed by atoms with Gasteiger partial charge in [-0.25, -0.2) is 9.67 Å². The minimum atomic E-state index is -0.198. The first kappa shape index (κ1) is 18.9. The molecule has 4 rings (SSSR count). The van der Waals surface area contributed by atoms with E-state index in [2.05, 4.69) is 20.6 Å². The fourth-order valence-corrected chi connectivity index (χ4v) is 3.78. The molecule has 0 bridgehead atoms. The maximum absolute atomic E-state index is 13.0. The molecule has 0 saturated carbocycles. The lowest BCUT2D eigenvalue weighted by molar-refractivity contribution is -0.119. The van der Waals surface area contributed by atoms with Crippen molar-refractivity contribution in [3.63, 3.8) is 0 Å². The van der Waals surface area contributed by atoms with Crippen LogP contribution in [0, 0.1) is 0 Å². The molecule has 1 fully saturated rings. The van der Waals surface area contributed by atoms with Gasteiger partial charge in [0.2, 0.25) is 5.91 Å². The number of benzene rings is 1. The normalized spacial score (nSPS) is 18.8. The Bertz CT molecular complexity index is 1010. The summed E-state index contributed by atoms with van der Waals surface area (Å²) in [4.78, 5) is 30.8. The molecule has 9 nitrogen and oxygen atoms in total. The highest BCUT2D eigenvalue weighted by Gasteiger charge is 2.39. The van der Waals surface area contributed by atoms with Crippen LogP contribution in [-0.2, 0) is 18.4 Å². The molecule has 0 spiro atoms. The molecule has 2 aromatic heterocycles. The second-order valence-electron chi connectivity index (χ2n) is 7.31. The lowest BCUT2D eigenvalue weighted by Gasteiger charge is -2.18.